The molecule has 0 bridgehead atoms. The summed E-state index contributed by atoms with van der Waals surface area (Å²) in [4.78, 5) is 27.8. The first-order valence-electron chi connectivity index (χ1n) is 13.0. The number of carbonyl (C=O) groups is 2. The molecule has 4 heteroatoms. The van der Waals surface area contributed by atoms with Gasteiger partial charge in [0.2, 0.25) is 11.8 Å². The zero-order valence-corrected chi connectivity index (χ0v) is 20.5. The van der Waals surface area contributed by atoms with Crippen LogP contribution in [-0.4, -0.2) is 16.9 Å². The summed E-state index contributed by atoms with van der Waals surface area (Å²) < 4.78 is 0. The van der Waals surface area contributed by atoms with Gasteiger partial charge >= 0.3 is 0 Å². The zero-order valence-electron chi connectivity index (χ0n) is 20.5. The molecule has 2 N–H and O–H groups in total. The van der Waals surface area contributed by atoms with Crippen LogP contribution in [0.15, 0.2) is 48.5 Å². The Morgan fingerprint density at radius 1 is 0.882 bits per heavy atom. The highest BCUT2D eigenvalue weighted by atomic mass is 16.3. The van der Waals surface area contributed by atoms with Crippen LogP contribution in [-0.2, 0) is 26.8 Å². The quantitative estimate of drug-likeness (QED) is 0.558. The lowest BCUT2D eigenvalue weighted by Gasteiger charge is -2.54. The first-order chi connectivity index (χ1) is 16.3. The van der Waals surface area contributed by atoms with Crippen LogP contribution in [0.3, 0.4) is 0 Å². The van der Waals surface area contributed by atoms with Crippen molar-refractivity contribution in [3.05, 3.63) is 65.2 Å². The Kier molecular flexibility index (Phi) is 5.82. The molecule has 2 fully saturated rings. The predicted molar refractivity (Wildman–Crippen MR) is 134 cm³/mol. The van der Waals surface area contributed by atoms with Gasteiger partial charge in [-0.25, -0.2) is 0 Å². The summed E-state index contributed by atoms with van der Waals surface area (Å²) in [5.74, 6) is 0.188. The first-order valence-corrected chi connectivity index (χ1v) is 13.0. The Bertz CT molecular complexity index is 1090. The number of nitrogens with one attached hydrogen (secondary N) is 1. The van der Waals surface area contributed by atoms with Crippen LogP contribution in [0.1, 0.15) is 88.3 Å². The average molecular weight is 460 g/mol. The van der Waals surface area contributed by atoms with E-state index in [0.29, 0.717) is 0 Å². The van der Waals surface area contributed by atoms with Gasteiger partial charge in [0.05, 0.1) is 10.8 Å². The third kappa shape index (κ3) is 3.57. The summed E-state index contributed by atoms with van der Waals surface area (Å²) in [7, 11) is 0. The maximum absolute atomic E-state index is 13.9. The smallest absolute Gasteiger partial charge is 0.237 e. The highest BCUT2D eigenvalue weighted by molar-refractivity contribution is 6.03. The number of phenols is 1. The van der Waals surface area contributed by atoms with Gasteiger partial charge in [0.25, 0.3) is 0 Å². The summed E-state index contributed by atoms with van der Waals surface area (Å²) in [6.07, 6.45) is 9.30. The SMILES string of the molecule is C[C@@]1(C(=O)NC(=O)C2(c3ccccc3)CCCCC2)CCC[C@]2(C)c3cc(O)ccc3CC[C@@H]12. The second kappa shape index (κ2) is 8.55. The third-order valence-electron chi connectivity index (χ3n) is 9.56. The Morgan fingerprint density at radius 3 is 2.35 bits per heavy atom. The number of benzene rings is 2. The number of phenolic OH excluding ortho intramolecular Hbond substituents is 1. The van der Waals surface area contributed by atoms with E-state index >= 15 is 0 Å². The van der Waals surface area contributed by atoms with Crippen molar-refractivity contribution in [1.82, 2.24) is 5.32 Å². The van der Waals surface area contributed by atoms with Gasteiger partial charge in [-0.05, 0) is 78.7 Å². The molecular formula is C30H37NO3. The molecule has 3 atom stereocenters. The number of hydrogen-bond acceptors (Lipinski definition) is 3. The van der Waals surface area contributed by atoms with Gasteiger partial charge < -0.3 is 5.11 Å². The van der Waals surface area contributed by atoms with Crippen molar-refractivity contribution in [2.45, 2.75) is 88.9 Å². The molecule has 0 spiro atoms. The largest absolute Gasteiger partial charge is 0.508 e. The number of imide groups is 1. The van der Waals surface area contributed by atoms with E-state index in [0.717, 1.165) is 69.8 Å². The molecule has 2 amide bonds. The Morgan fingerprint density at radius 2 is 1.62 bits per heavy atom. The Labute approximate surface area is 203 Å². The highest BCUT2D eigenvalue weighted by Gasteiger charge is 2.56. The lowest BCUT2D eigenvalue weighted by Crippen LogP contribution is -2.58. The van der Waals surface area contributed by atoms with E-state index in [9.17, 15) is 14.7 Å². The minimum atomic E-state index is -0.617. The fourth-order valence-corrected chi connectivity index (χ4v) is 7.64. The van der Waals surface area contributed by atoms with Gasteiger partial charge in [0.15, 0.2) is 0 Å². The molecule has 3 aliphatic rings. The van der Waals surface area contributed by atoms with Crippen LogP contribution in [0.2, 0.25) is 0 Å². The molecule has 2 aromatic rings. The second-order valence-corrected chi connectivity index (χ2v) is 11.4. The molecule has 180 valence electrons. The maximum Gasteiger partial charge on any atom is 0.237 e. The first kappa shape index (κ1) is 23.1. The topological polar surface area (TPSA) is 66.4 Å². The summed E-state index contributed by atoms with van der Waals surface area (Å²) >= 11 is 0. The number of hydrogen-bond donors (Lipinski definition) is 2. The van der Waals surface area contributed by atoms with Crippen LogP contribution in [0.5, 0.6) is 5.75 Å². The number of amides is 2. The van der Waals surface area contributed by atoms with E-state index < -0.39 is 10.8 Å². The maximum atomic E-state index is 13.9. The highest BCUT2D eigenvalue weighted by Crippen LogP contribution is 2.57. The number of rotatable bonds is 3. The van der Waals surface area contributed by atoms with Crippen LogP contribution >= 0.6 is 0 Å². The molecule has 2 aromatic carbocycles. The van der Waals surface area contributed by atoms with E-state index in [4.69, 9.17) is 0 Å². The van der Waals surface area contributed by atoms with Crippen molar-refractivity contribution < 1.29 is 14.7 Å². The van der Waals surface area contributed by atoms with Crippen LogP contribution in [0.4, 0.5) is 0 Å². The molecule has 3 aliphatic carbocycles. The van der Waals surface area contributed by atoms with E-state index in [-0.39, 0.29) is 28.9 Å². The summed E-state index contributed by atoms with van der Waals surface area (Å²) in [6, 6.07) is 15.7. The molecule has 0 radical (unpaired) electrons. The predicted octanol–water partition coefficient (Wildman–Crippen LogP) is 5.95. The lowest BCUT2D eigenvalue weighted by atomic mass is 9.49. The van der Waals surface area contributed by atoms with Crippen molar-refractivity contribution in [1.29, 1.82) is 0 Å². The van der Waals surface area contributed by atoms with E-state index in [1.165, 1.54) is 11.1 Å². The standard InChI is InChI=1S/C30H37NO3/c1-28-16-9-17-29(2,25(28)15-13-21-12-14-23(32)20-24(21)28)26(33)31-27(34)30(18-7-4-8-19-30)22-10-5-3-6-11-22/h3,5-6,10-12,14,20,25,32H,4,7-9,13,15-19H2,1-2H3,(H,31,33,34)/t25-,28-,29-/m1/s1. The lowest BCUT2D eigenvalue weighted by molar-refractivity contribution is -0.145. The molecule has 2 saturated carbocycles. The van der Waals surface area contributed by atoms with Crippen LogP contribution in [0, 0.1) is 11.3 Å². The van der Waals surface area contributed by atoms with Crippen molar-refractivity contribution >= 4 is 11.8 Å². The number of carbonyl (C=O) groups excluding carboxylic acids is 2. The van der Waals surface area contributed by atoms with Gasteiger partial charge in [0.1, 0.15) is 5.75 Å². The number of fused-ring (bicyclic) bond motifs is 3. The van der Waals surface area contributed by atoms with Crippen molar-refractivity contribution in [2.75, 3.05) is 0 Å². The van der Waals surface area contributed by atoms with E-state index in [2.05, 4.69) is 19.2 Å². The van der Waals surface area contributed by atoms with Crippen molar-refractivity contribution in [2.24, 2.45) is 11.3 Å². The molecule has 0 aliphatic heterocycles. The van der Waals surface area contributed by atoms with E-state index in [1.54, 1.807) is 6.07 Å². The third-order valence-corrected chi connectivity index (χ3v) is 9.56. The molecule has 5 rings (SSSR count). The molecular weight excluding hydrogens is 422 g/mol. The van der Waals surface area contributed by atoms with Crippen molar-refractivity contribution in [3.63, 3.8) is 0 Å². The van der Waals surface area contributed by atoms with Gasteiger partial charge in [-0.2, -0.15) is 0 Å². The van der Waals surface area contributed by atoms with Crippen LogP contribution < -0.4 is 5.32 Å². The van der Waals surface area contributed by atoms with E-state index in [1.807, 2.05) is 42.5 Å². The normalized spacial score (nSPS) is 30.0. The van der Waals surface area contributed by atoms with Crippen molar-refractivity contribution in [3.8, 4) is 5.75 Å². The minimum absolute atomic E-state index is 0.113. The van der Waals surface area contributed by atoms with Gasteiger partial charge in [-0.1, -0.05) is 75.9 Å². The molecule has 0 heterocycles. The molecule has 0 aromatic heterocycles. The fourth-order valence-electron chi connectivity index (χ4n) is 7.64. The summed E-state index contributed by atoms with van der Waals surface area (Å²) in [5.41, 5.74) is 2.08. The molecule has 34 heavy (non-hydrogen) atoms. The summed E-state index contributed by atoms with van der Waals surface area (Å²) in [5, 5.41) is 13.2. The monoisotopic (exact) mass is 459 g/mol. The molecule has 0 unspecified atom stereocenters. The molecule has 0 saturated heterocycles. The number of aryl methyl sites for hydroxylation is 1. The van der Waals surface area contributed by atoms with Gasteiger partial charge in [-0.15, -0.1) is 0 Å². The Balaban J connectivity index is 1.44. The molecule has 4 nitrogen and oxygen atoms in total. The second-order valence-electron chi connectivity index (χ2n) is 11.4. The number of aromatic hydroxyl groups is 1. The Hall–Kier alpha value is -2.62. The fraction of sp³-hybridized carbons (Fsp3) is 0.533. The zero-order chi connectivity index (χ0) is 24.0. The minimum Gasteiger partial charge on any atom is -0.508 e. The average Bonchev–Trinajstić information content (AvgIpc) is 2.85. The summed E-state index contributed by atoms with van der Waals surface area (Å²) in [6.45, 7) is 4.33. The van der Waals surface area contributed by atoms with Crippen LogP contribution in [0.25, 0.3) is 0 Å². The van der Waals surface area contributed by atoms with Gasteiger partial charge in [0, 0.05) is 0 Å². The van der Waals surface area contributed by atoms with Gasteiger partial charge in [-0.3, -0.25) is 14.9 Å².